The van der Waals surface area contributed by atoms with Gasteiger partial charge < -0.3 is 10.1 Å². The fraction of sp³-hybridized carbons (Fsp3) is 0.550. The van der Waals surface area contributed by atoms with E-state index in [-0.39, 0.29) is 0 Å². The van der Waals surface area contributed by atoms with Gasteiger partial charge in [0.25, 0.3) is 0 Å². The van der Waals surface area contributed by atoms with Gasteiger partial charge in [0.2, 0.25) is 11.9 Å². The molecule has 2 aliphatic rings. The van der Waals surface area contributed by atoms with Gasteiger partial charge in [0, 0.05) is 11.4 Å². The van der Waals surface area contributed by atoms with E-state index in [2.05, 4.69) is 37.4 Å². The van der Waals surface area contributed by atoms with Crippen LogP contribution in [0.15, 0.2) is 23.2 Å². The lowest BCUT2D eigenvalue weighted by atomic mass is 9.85. The fourth-order valence-electron chi connectivity index (χ4n) is 4.14. The first-order valence-electron chi connectivity index (χ1n) is 9.76. The molecule has 2 atom stereocenters. The van der Waals surface area contributed by atoms with Crippen LogP contribution in [0.3, 0.4) is 0 Å². The van der Waals surface area contributed by atoms with E-state index in [4.69, 9.17) is 4.74 Å². The van der Waals surface area contributed by atoms with E-state index in [0.29, 0.717) is 18.7 Å². The number of aromatic nitrogens is 2. The first-order valence-corrected chi connectivity index (χ1v) is 9.76. The third-order valence-corrected chi connectivity index (χ3v) is 5.72. The minimum atomic E-state index is 0.566. The number of guanidine groups is 1. The van der Waals surface area contributed by atoms with Gasteiger partial charge in [-0.25, -0.2) is 15.0 Å². The molecule has 2 N–H and O–H groups in total. The highest BCUT2D eigenvalue weighted by molar-refractivity contribution is 5.93. The standard InChI is InChI=1S/C20H28N6O/c1-13-6-4-5-7-18(13)26-11-21-19(22-12-26)25-20-23-14(2)16-10-15(27-3)8-9-17(16)24-20/h8-10,13,18H,4-7,11-12H2,1-3H3,(H2,21,22,23,24,25)/t13-,18-/m1/s1. The van der Waals surface area contributed by atoms with Crippen molar-refractivity contribution in [3.63, 3.8) is 0 Å². The second kappa shape index (κ2) is 7.68. The average molecular weight is 368 g/mol. The maximum absolute atomic E-state index is 5.29. The summed E-state index contributed by atoms with van der Waals surface area (Å²) in [7, 11) is 1.66. The first-order chi connectivity index (χ1) is 13.1. The Morgan fingerprint density at radius 2 is 2.07 bits per heavy atom. The SMILES string of the molecule is COc1ccc2nc(NC3=NCN([C@@H]4CCCC[C@H]4C)CN3)nc(C)c2c1. The van der Waals surface area contributed by atoms with Crippen LogP contribution in [-0.4, -0.2) is 47.3 Å². The van der Waals surface area contributed by atoms with Gasteiger partial charge in [-0.3, -0.25) is 10.2 Å². The number of benzene rings is 1. The molecule has 0 saturated heterocycles. The Morgan fingerprint density at radius 3 is 2.81 bits per heavy atom. The van der Waals surface area contributed by atoms with Gasteiger partial charge in [0.05, 0.1) is 31.7 Å². The number of aryl methyl sites for hydroxylation is 1. The lowest BCUT2D eigenvalue weighted by Crippen LogP contribution is -2.52. The molecule has 0 unspecified atom stereocenters. The van der Waals surface area contributed by atoms with Crippen LogP contribution in [0.5, 0.6) is 5.75 Å². The smallest absolute Gasteiger partial charge is 0.230 e. The molecule has 4 rings (SSSR count). The van der Waals surface area contributed by atoms with Crippen molar-refractivity contribution >= 4 is 22.8 Å². The topological polar surface area (TPSA) is 74.7 Å². The molecule has 0 bridgehead atoms. The number of nitrogens with one attached hydrogen (secondary N) is 2. The van der Waals surface area contributed by atoms with Crippen molar-refractivity contribution in [3.8, 4) is 5.75 Å². The summed E-state index contributed by atoms with van der Waals surface area (Å²) < 4.78 is 5.29. The fourth-order valence-corrected chi connectivity index (χ4v) is 4.14. The van der Waals surface area contributed by atoms with Gasteiger partial charge in [-0.1, -0.05) is 19.8 Å². The Balaban J connectivity index is 1.46. The molecule has 1 fully saturated rings. The lowest BCUT2D eigenvalue weighted by molar-refractivity contribution is 0.107. The molecule has 2 aromatic rings. The molecule has 0 radical (unpaired) electrons. The maximum atomic E-state index is 5.29. The highest BCUT2D eigenvalue weighted by Crippen LogP contribution is 2.28. The summed E-state index contributed by atoms with van der Waals surface area (Å²) in [4.78, 5) is 16.3. The van der Waals surface area contributed by atoms with Crippen molar-refractivity contribution in [2.24, 2.45) is 10.9 Å². The van der Waals surface area contributed by atoms with Gasteiger partial charge in [0.1, 0.15) is 5.75 Å². The van der Waals surface area contributed by atoms with Crippen LogP contribution in [0.25, 0.3) is 10.9 Å². The number of hydrogen-bond acceptors (Lipinski definition) is 7. The van der Waals surface area contributed by atoms with Crippen LogP contribution in [0.2, 0.25) is 0 Å². The number of ether oxygens (including phenoxy) is 1. The quantitative estimate of drug-likeness (QED) is 0.867. The van der Waals surface area contributed by atoms with E-state index in [1.165, 1.54) is 25.7 Å². The Morgan fingerprint density at radius 1 is 1.22 bits per heavy atom. The Bertz CT molecular complexity index is 852. The summed E-state index contributed by atoms with van der Waals surface area (Å²) in [5.41, 5.74) is 1.80. The van der Waals surface area contributed by atoms with E-state index in [1.54, 1.807) is 7.11 Å². The molecule has 1 aliphatic heterocycles. The zero-order chi connectivity index (χ0) is 18.8. The highest BCUT2D eigenvalue weighted by atomic mass is 16.5. The van der Waals surface area contributed by atoms with Gasteiger partial charge in [-0.05, 0) is 43.9 Å². The van der Waals surface area contributed by atoms with Crippen LogP contribution in [0.4, 0.5) is 5.95 Å². The molecule has 1 saturated carbocycles. The number of nitrogens with zero attached hydrogens (tertiary/aromatic N) is 4. The molecule has 144 valence electrons. The van der Waals surface area contributed by atoms with E-state index >= 15 is 0 Å². The largest absolute Gasteiger partial charge is 0.497 e. The minimum Gasteiger partial charge on any atom is -0.497 e. The van der Waals surface area contributed by atoms with Crippen molar-refractivity contribution in [2.45, 2.75) is 45.6 Å². The van der Waals surface area contributed by atoms with Crippen molar-refractivity contribution in [3.05, 3.63) is 23.9 Å². The third-order valence-electron chi connectivity index (χ3n) is 5.72. The van der Waals surface area contributed by atoms with Crippen molar-refractivity contribution in [1.29, 1.82) is 0 Å². The van der Waals surface area contributed by atoms with E-state index in [0.717, 1.165) is 40.9 Å². The van der Waals surface area contributed by atoms with Gasteiger partial charge in [0.15, 0.2) is 0 Å². The maximum Gasteiger partial charge on any atom is 0.230 e. The van der Waals surface area contributed by atoms with E-state index in [9.17, 15) is 0 Å². The Kier molecular flexibility index (Phi) is 5.11. The van der Waals surface area contributed by atoms with E-state index in [1.807, 2.05) is 25.1 Å². The first kappa shape index (κ1) is 18.0. The van der Waals surface area contributed by atoms with Crippen LogP contribution in [-0.2, 0) is 0 Å². The zero-order valence-electron chi connectivity index (χ0n) is 16.3. The predicted molar refractivity (Wildman–Crippen MR) is 108 cm³/mol. The minimum absolute atomic E-state index is 0.566. The van der Waals surface area contributed by atoms with Crippen molar-refractivity contribution < 1.29 is 4.74 Å². The molecule has 1 aliphatic carbocycles. The molecule has 7 nitrogen and oxygen atoms in total. The molecule has 27 heavy (non-hydrogen) atoms. The Hall–Kier alpha value is -2.41. The highest BCUT2D eigenvalue weighted by Gasteiger charge is 2.28. The zero-order valence-corrected chi connectivity index (χ0v) is 16.3. The molecule has 2 heterocycles. The second-order valence-corrected chi connectivity index (χ2v) is 7.54. The second-order valence-electron chi connectivity index (χ2n) is 7.54. The number of aliphatic imine (C=N–C) groups is 1. The molecular formula is C20H28N6O. The summed E-state index contributed by atoms with van der Waals surface area (Å²) in [5, 5.41) is 7.62. The molecule has 7 heteroatoms. The summed E-state index contributed by atoms with van der Waals surface area (Å²) in [6.07, 6.45) is 5.29. The van der Waals surface area contributed by atoms with Crippen LogP contribution in [0.1, 0.15) is 38.3 Å². The predicted octanol–water partition coefficient (Wildman–Crippen LogP) is 3.11. The number of rotatable bonds is 3. The summed E-state index contributed by atoms with van der Waals surface area (Å²) in [6, 6.07) is 6.47. The number of anilines is 1. The number of methoxy groups -OCH3 is 1. The summed E-state index contributed by atoms with van der Waals surface area (Å²) in [5.74, 6) is 2.86. The van der Waals surface area contributed by atoms with Gasteiger partial charge in [-0.2, -0.15) is 0 Å². The average Bonchev–Trinajstić information content (AvgIpc) is 2.69. The van der Waals surface area contributed by atoms with Crippen LogP contribution < -0.4 is 15.4 Å². The third kappa shape index (κ3) is 3.83. The normalized spacial score (nSPS) is 23.6. The van der Waals surface area contributed by atoms with Crippen molar-refractivity contribution in [1.82, 2.24) is 20.2 Å². The van der Waals surface area contributed by atoms with Gasteiger partial charge >= 0.3 is 0 Å². The molecule has 1 aromatic heterocycles. The van der Waals surface area contributed by atoms with Gasteiger partial charge in [-0.15, -0.1) is 0 Å². The Labute approximate surface area is 160 Å². The number of hydrogen-bond donors (Lipinski definition) is 2. The molecule has 0 amide bonds. The molecular weight excluding hydrogens is 340 g/mol. The number of fused-ring (bicyclic) bond motifs is 1. The van der Waals surface area contributed by atoms with E-state index < -0.39 is 0 Å². The van der Waals surface area contributed by atoms with Crippen LogP contribution in [0, 0.1) is 12.8 Å². The summed E-state index contributed by atoms with van der Waals surface area (Å²) in [6.45, 7) is 5.87. The molecule has 0 spiro atoms. The van der Waals surface area contributed by atoms with Crippen molar-refractivity contribution in [2.75, 3.05) is 25.8 Å². The van der Waals surface area contributed by atoms with Crippen LogP contribution >= 0.6 is 0 Å². The monoisotopic (exact) mass is 368 g/mol. The lowest BCUT2D eigenvalue weighted by Gasteiger charge is -2.39. The molecule has 1 aromatic carbocycles. The summed E-state index contributed by atoms with van der Waals surface area (Å²) >= 11 is 0.